The number of likely N-dealkylation sites (tertiary alicyclic amines) is 1. The van der Waals surface area contributed by atoms with Gasteiger partial charge in [-0.25, -0.2) is 0 Å². The number of hydrogen-bond acceptors (Lipinski definition) is 2. The van der Waals surface area contributed by atoms with Gasteiger partial charge in [0.2, 0.25) is 0 Å². The molecule has 1 saturated carbocycles. The Labute approximate surface area is 138 Å². The van der Waals surface area contributed by atoms with Crippen molar-refractivity contribution < 1.29 is 0 Å². The lowest BCUT2D eigenvalue weighted by atomic mass is 9.92. The molecule has 3 atom stereocenters. The van der Waals surface area contributed by atoms with E-state index in [-0.39, 0.29) is 0 Å². The topological polar surface area (TPSA) is 15.3 Å². The number of fused-ring (bicyclic) bond motifs is 2. The molecule has 4 rings (SSSR count). The molecule has 2 nitrogen and oxygen atoms in total. The van der Waals surface area contributed by atoms with Gasteiger partial charge in [0.25, 0.3) is 0 Å². The molecule has 2 bridgehead atoms. The van der Waals surface area contributed by atoms with Gasteiger partial charge < -0.3 is 10.2 Å². The number of piperidine rings is 1. The Kier molecular flexibility index (Phi) is 4.15. The van der Waals surface area contributed by atoms with E-state index in [4.69, 9.17) is 11.6 Å². The number of para-hydroxylation sites is 1. The number of hydrogen-bond donors (Lipinski definition) is 1. The fourth-order valence-corrected chi connectivity index (χ4v) is 4.68. The molecule has 0 aromatic heterocycles. The van der Waals surface area contributed by atoms with Gasteiger partial charge in [-0.05, 0) is 55.6 Å². The van der Waals surface area contributed by atoms with Crippen molar-refractivity contribution in [2.45, 2.75) is 31.7 Å². The number of nitrogens with one attached hydrogen (secondary N) is 1. The lowest BCUT2D eigenvalue weighted by Gasteiger charge is -2.35. The quantitative estimate of drug-likeness (QED) is 0.827. The Bertz CT molecular complexity index is 548. The fraction of sp³-hybridized carbons (Fsp3) is 0.579. The van der Waals surface area contributed by atoms with E-state index in [1.165, 1.54) is 45.3 Å². The SMILES string of the molecule is Clc1ccccc1NC1CCN(C[C@H]2C[C@H]3C=C[C@@H]2C3)CC1. The zero-order chi connectivity index (χ0) is 14.9. The summed E-state index contributed by atoms with van der Waals surface area (Å²) in [7, 11) is 0. The van der Waals surface area contributed by atoms with Gasteiger partial charge in [0.1, 0.15) is 0 Å². The van der Waals surface area contributed by atoms with Crippen molar-refractivity contribution in [3.8, 4) is 0 Å². The van der Waals surface area contributed by atoms with Crippen LogP contribution in [0.15, 0.2) is 36.4 Å². The Balaban J connectivity index is 1.26. The second-order valence-electron chi connectivity index (χ2n) is 7.24. The molecular formula is C19H25ClN2. The molecule has 1 N–H and O–H groups in total. The van der Waals surface area contributed by atoms with Gasteiger partial charge in [-0.1, -0.05) is 35.9 Å². The Morgan fingerprint density at radius 2 is 1.91 bits per heavy atom. The fourth-order valence-electron chi connectivity index (χ4n) is 4.49. The van der Waals surface area contributed by atoms with Crippen LogP contribution in [-0.2, 0) is 0 Å². The van der Waals surface area contributed by atoms with Gasteiger partial charge in [-0.15, -0.1) is 0 Å². The molecule has 1 saturated heterocycles. The van der Waals surface area contributed by atoms with Crippen LogP contribution in [0, 0.1) is 17.8 Å². The van der Waals surface area contributed by atoms with Gasteiger partial charge in [-0.2, -0.15) is 0 Å². The minimum absolute atomic E-state index is 0.566. The third-order valence-electron chi connectivity index (χ3n) is 5.73. The minimum Gasteiger partial charge on any atom is -0.381 e. The number of nitrogens with zero attached hydrogens (tertiary/aromatic N) is 1. The van der Waals surface area contributed by atoms with E-state index in [2.05, 4.69) is 28.4 Å². The van der Waals surface area contributed by atoms with Crippen LogP contribution < -0.4 is 5.32 Å². The van der Waals surface area contributed by atoms with Crippen molar-refractivity contribution in [1.82, 2.24) is 4.90 Å². The first-order chi connectivity index (χ1) is 10.8. The summed E-state index contributed by atoms with van der Waals surface area (Å²) in [5, 5.41) is 4.45. The van der Waals surface area contributed by atoms with E-state index >= 15 is 0 Å². The first-order valence-corrected chi connectivity index (χ1v) is 9.07. The van der Waals surface area contributed by atoms with E-state index in [9.17, 15) is 0 Å². The zero-order valence-electron chi connectivity index (χ0n) is 13.0. The lowest BCUT2D eigenvalue weighted by Crippen LogP contribution is -2.41. The van der Waals surface area contributed by atoms with Crippen molar-refractivity contribution in [3.05, 3.63) is 41.4 Å². The van der Waals surface area contributed by atoms with Crippen LogP contribution in [0.1, 0.15) is 25.7 Å². The maximum absolute atomic E-state index is 6.24. The number of rotatable bonds is 4. The van der Waals surface area contributed by atoms with Crippen molar-refractivity contribution in [2.24, 2.45) is 17.8 Å². The summed E-state index contributed by atoms with van der Waals surface area (Å²) in [6.45, 7) is 3.75. The van der Waals surface area contributed by atoms with Gasteiger partial charge in [0.15, 0.2) is 0 Å². The lowest BCUT2D eigenvalue weighted by molar-refractivity contribution is 0.177. The molecule has 0 radical (unpaired) electrons. The minimum atomic E-state index is 0.566. The molecule has 1 aliphatic heterocycles. The summed E-state index contributed by atoms with van der Waals surface area (Å²) in [5.41, 5.74) is 1.08. The maximum Gasteiger partial charge on any atom is 0.0637 e. The molecule has 0 spiro atoms. The van der Waals surface area contributed by atoms with E-state index in [0.717, 1.165) is 28.5 Å². The predicted octanol–water partition coefficient (Wildman–Crippen LogP) is 4.43. The van der Waals surface area contributed by atoms with Crippen LogP contribution in [0.3, 0.4) is 0 Å². The highest BCUT2D eigenvalue weighted by Gasteiger charge is 2.36. The second-order valence-corrected chi connectivity index (χ2v) is 7.65. The van der Waals surface area contributed by atoms with Gasteiger partial charge in [0.05, 0.1) is 10.7 Å². The van der Waals surface area contributed by atoms with Gasteiger partial charge in [-0.3, -0.25) is 0 Å². The smallest absolute Gasteiger partial charge is 0.0637 e. The Morgan fingerprint density at radius 3 is 2.59 bits per heavy atom. The molecule has 1 heterocycles. The number of anilines is 1. The first kappa shape index (κ1) is 14.6. The molecule has 118 valence electrons. The molecule has 2 aliphatic carbocycles. The van der Waals surface area contributed by atoms with E-state index in [0.29, 0.717) is 6.04 Å². The summed E-state index contributed by atoms with van der Waals surface area (Å²) in [6.07, 6.45) is 10.2. The number of halogens is 1. The molecule has 1 aromatic carbocycles. The van der Waals surface area contributed by atoms with E-state index in [1.807, 2.05) is 18.2 Å². The Hall–Kier alpha value is -0.990. The predicted molar refractivity (Wildman–Crippen MR) is 93.4 cm³/mol. The average molecular weight is 317 g/mol. The van der Waals surface area contributed by atoms with Crippen molar-refractivity contribution in [3.63, 3.8) is 0 Å². The normalized spacial score (nSPS) is 31.8. The zero-order valence-corrected chi connectivity index (χ0v) is 13.8. The molecule has 22 heavy (non-hydrogen) atoms. The maximum atomic E-state index is 6.24. The highest BCUT2D eigenvalue weighted by Crippen LogP contribution is 2.43. The summed E-state index contributed by atoms with van der Waals surface area (Å²) in [5.74, 6) is 2.70. The van der Waals surface area contributed by atoms with Crippen LogP contribution >= 0.6 is 11.6 Å². The molecule has 0 unspecified atom stereocenters. The summed E-state index contributed by atoms with van der Waals surface area (Å²) < 4.78 is 0. The van der Waals surface area contributed by atoms with Crippen molar-refractivity contribution in [2.75, 3.05) is 25.0 Å². The third kappa shape index (κ3) is 3.04. The number of benzene rings is 1. The van der Waals surface area contributed by atoms with Gasteiger partial charge >= 0.3 is 0 Å². The molecule has 3 aliphatic rings. The van der Waals surface area contributed by atoms with Crippen LogP contribution in [0.5, 0.6) is 0 Å². The average Bonchev–Trinajstić information content (AvgIpc) is 3.14. The molecular weight excluding hydrogens is 292 g/mol. The molecule has 0 amide bonds. The first-order valence-electron chi connectivity index (χ1n) is 8.69. The van der Waals surface area contributed by atoms with Crippen molar-refractivity contribution in [1.29, 1.82) is 0 Å². The van der Waals surface area contributed by atoms with Crippen LogP contribution in [0.2, 0.25) is 5.02 Å². The molecule has 3 heteroatoms. The number of allylic oxidation sites excluding steroid dienone is 2. The largest absolute Gasteiger partial charge is 0.381 e. The van der Waals surface area contributed by atoms with E-state index < -0.39 is 0 Å². The standard InChI is InChI=1S/C19H25ClN2/c20-18-3-1-2-4-19(18)21-17-7-9-22(10-8-17)13-16-12-14-5-6-15(16)11-14/h1-6,14-17,21H,7-13H2/t14-,15+,16+/m0/s1. The van der Waals surface area contributed by atoms with Crippen molar-refractivity contribution >= 4 is 17.3 Å². The molecule has 2 fully saturated rings. The molecule has 1 aromatic rings. The Morgan fingerprint density at radius 1 is 1.09 bits per heavy atom. The monoisotopic (exact) mass is 316 g/mol. The van der Waals surface area contributed by atoms with Crippen LogP contribution in [0.25, 0.3) is 0 Å². The third-order valence-corrected chi connectivity index (χ3v) is 6.06. The van der Waals surface area contributed by atoms with Crippen LogP contribution in [0.4, 0.5) is 5.69 Å². The highest BCUT2D eigenvalue weighted by molar-refractivity contribution is 6.33. The van der Waals surface area contributed by atoms with Gasteiger partial charge in [0, 0.05) is 25.7 Å². The second kappa shape index (κ2) is 6.25. The summed E-state index contributed by atoms with van der Waals surface area (Å²) in [6, 6.07) is 8.64. The summed E-state index contributed by atoms with van der Waals surface area (Å²) in [4.78, 5) is 2.68. The van der Waals surface area contributed by atoms with Crippen LogP contribution in [-0.4, -0.2) is 30.6 Å². The van der Waals surface area contributed by atoms with E-state index in [1.54, 1.807) is 0 Å². The highest BCUT2D eigenvalue weighted by atomic mass is 35.5. The summed E-state index contributed by atoms with van der Waals surface area (Å²) >= 11 is 6.24.